The average molecular weight is 257 g/mol. The minimum Gasteiger partial charge on any atom is -0.378 e. The molecule has 0 aromatic carbocycles. The van der Waals surface area contributed by atoms with Gasteiger partial charge in [0.05, 0.1) is 46.2 Å². The molecule has 0 aromatic heterocycles. The number of halogens is 1. The Hall–Kier alpha value is 0.0900. The Balaban J connectivity index is 2.88. The molecule has 1 N–H and O–H groups in total. The van der Waals surface area contributed by atoms with Gasteiger partial charge in [-0.15, -0.1) is 11.6 Å². The fourth-order valence-corrected chi connectivity index (χ4v) is 0.983. The molecular formula is C10H21ClO5. The second kappa shape index (κ2) is 13.2. The fraction of sp³-hybridized carbons (Fsp3) is 1.00. The van der Waals surface area contributed by atoms with Crippen LogP contribution in [0.2, 0.25) is 0 Å². The number of alkyl halides is 1. The topological polar surface area (TPSA) is 57.2 Å². The molecule has 0 aromatic rings. The zero-order valence-electron chi connectivity index (χ0n) is 9.69. The van der Waals surface area contributed by atoms with Crippen LogP contribution in [0.4, 0.5) is 0 Å². The summed E-state index contributed by atoms with van der Waals surface area (Å²) in [7, 11) is 0. The Labute approximate surface area is 102 Å². The molecule has 0 fully saturated rings. The Morgan fingerprint density at radius 2 is 1.31 bits per heavy atom. The molecular weight excluding hydrogens is 236 g/mol. The number of aliphatic hydroxyl groups excluding tert-OH is 1. The first-order valence-corrected chi connectivity index (χ1v) is 5.89. The van der Waals surface area contributed by atoms with Crippen LogP contribution >= 0.6 is 11.6 Å². The summed E-state index contributed by atoms with van der Waals surface area (Å²) >= 11 is 5.42. The molecule has 0 spiro atoms. The van der Waals surface area contributed by atoms with E-state index in [1.807, 2.05) is 0 Å². The third kappa shape index (κ3) is 14.1. The molecule has 0 aliphatic rings. The first-order chi connectivity index (χ1) is 7.77. The van der Waals surface area contributed by atoms with Gasteiger partial charge < -0.3 is 24.1 Å². The monoisotopic (exact) mass is 256 g/mol. The average Bonchev–Trinajstić information content (AvgIpc) is 2.25. The van der Waals surface area contributed by atoms with Crippen molar-refractivity contribution < 1.29 is 24.1 Å². The summed E-state index contributed by atoms with van der Waals surface area (Å²) in [6, 6.07) is 0. The maximum atomic E-state index is 8.77. The summed E-state index contributed by atoms with van der Waals surface area (Å²) in [6.45, 7) is 5.09. The number of ether oxygens (including phenoxy) is 4. The van der Waals surface area contributed by atoms with Gasteiger partial charge in [0.2, 0.25) is 0 Å². The minimum absolute atomic E-state index is 0.385. The third-order valence-corrected chi connectivity index (χ3v) is 1.71. The fourth-order valence-electron chi connectivity index (χ4n) is 0.874. The van der Waals surface area contributed by atoms with E-state index in [0.29, 0.717) is 52.1 Å². The van der Waals surface area contributed by atoms with Crippen LogP contribution in [-0.2, 0) is 18.9 Å². The van der Waals surface area contributed by atoms with Crippen molar-refractivity contribution in [3.05, 3.63) is 0 Å². The van der Waals surface area contributed by atoms with Crippen LogP contribution in [0.25, 0.3) is 0 Å². The molecule has 0 rings (SSSR count). The van der Waals surface area contributed by atoms with Gasteiger partial charge >= 0.3 is 0 Å². The van der Waals surface area contributed by atoms with Crippen molar-refractivity contribution in [3.8, 4) is 0 Å². The van der Waals surface area contributed by atoms with E-state index in [9.17, 15) is 0 Å². The zero-order chi connectivity index (χ0) is 12.1. The van der Waals surface area contributed by atoms with Crippen LogP contribution in [0, 0.1) is 0 Å². The highest BCUT2D eigenvalue weighted by molar-refractivity contribution is 6.17. The maximum absolute atomic E-state index is 8.77. The van der Waals surface area contributed by atoms with Gasteiger partial charge in [-0.2, -0.15) is 0 Å². The van der Waals surface area contributed by atoms with Crippen molar-refractivity contribution in [1.29, 1.82) is 0 Å². The predicted octanol–water partition coefficient (Wildman–Crippen LogP) is 0.630. The first kappa shape index (κ1) is 16.1. The lowest BCUT2D eigenvalue weighted by molar-refractivity contribution is -0.102. The smallest absolute Gasteiger partial charge is 0.151 e. The standard InChI is InChI=1S/C10H21ClO5/c1-10(12)16-9-8-15-7-6-14-5-4-13-3-2-11/h10,12H,2-9H2,1H3. The van der Waals surface area contributed by atoms with Crippen LogP contribution in [0.15, 0.2) is 0 Å². The molecule has 6 heteroatoms. The largest absolute Gasteiger partial charge is 0.378 e. The van der Waals surface area contributed by atoms with E-state index in [-0.39, 0.29) is 0 Å². The molecule has 0 aliphatic heterocycles. The summed E-state index contributed by atoms with van der Waals surface area (Å²) in [4.78, 5) is 0. The minimum atomic E-state index is -0.737. The number of rotatable bonds is 12. The predicted molar refractivity (Wildman–Crippen MR) is 60.8 cm³/mol. The lowest BCUT2D eigenvalue weighted by atomic mass is 10.7. The van der Waals surface area contributed by atoms with E-state index in [0.717, 1.165) is 0 Å². The second-order valence-corrected chi connectivity index (χ2v) is 3.37. The molecule has 0 aliphatic carbocycles. The molecule has 5 nitrogen and oxygen atoms in total. The Morgan fingerprint density at radius 1 is 0.875 bits per heavy atom. The Bertz CT molecular complexity index is 134. The Kier molecular flexibility index (Phi) is 13.2. The molecule has 0 radical (unpaired) electrons. The highest BCUT2D eigenvalue weighted by atomic mass is 35.5. The van der Waals surface area contributed by atoms with Crippen LogP contribution in [0.3, 0.4) is 0 Å². The van der Waals surface area contributed by atoms with Gasteiger partial charge in [0, 0.05) is 5.88 Å². The zero-order valence-corrected chi connectivity index (χ0v) is 10.4. The van der Waals surface area contributed by atoms with Gasteiger partial charge in [-0.25, -0.2) is 0 Å². The number of aliphatic hydroxyl groups is 1. The molecule has 0 heterocycles. The van der Waals surface area contributed by atoms with E-state index < -0.39 is 6.29 Å². The summed E-state index contributed by atoms with van der Waals surface area (Å²) in [5, 5.41) is 8.77. The van der Waals surface area contributed by atoms with Crippen LogP contribution in [0.5, 0.6) is 0 Å². The van der Waals surface area contributed by atoms with E-state index >= 15 is 0 Å². The van der Waals surface area contributed by atoms with Gasteiger partial charge in [0.25, 0.3) is 0 Å². The molecule has 0 amide bonds. The van der Waals surface area contributed by atoms with Crippen molar-refractivity contribution >= 4 is 11.6 Å². The lowest BCUT2D eigenvalue weighted by Crippen LogP contribution is -2.14. The third-order valence-electron chi connectivity index (χ3n) is 1.55. The van der Waals surface area contributed by atoms with Crippen LogP contribution < -0.4 is 0 Å². The molecule has 0 saturated heterocycles. The molecule has 1 unspecified atom stereocenters. The summed E-state index contributed by atoms with van der Waals surface area (Å²) in [5.41, 5.74) is 0. The van der Waals surface area contributed by atoms with E-state index in [1.54, 1.807) is 6.92 Å². The molecule has 0 bridgehead atoms. The van der Waals surface area contributed by atoms with E-state index in [2.05, 4.69) is 0 Å². The van der Waals surface area contributed by atoms with Gasteiger partial charge in [-0.3, -0.25) is 0 Å². The summed E-state index contributed by atoms with van der Waals surface area (Å²) < 4.78 is 20.4. The van der Waals surface area contributed by atoms with Gasteiger partial charge in [0.15, 0.2) is 6.29 Å². The van der Waals surface area contributed by atoms with Gasteiger partial charge in [-0.05, 0) is 6.92 Å². The van der Waals surface area contributed by atoms with Gasteiger partial charge in [0.1, 0.15) is 0 Å². The summed E-state index contributed by atoms with van der Waals surface area (Å²) in [6.07, 6.45) is -0.737. The highest BCUT2D eigenvalue weighted by Gasteiger charge is 1.94. The number of hydrogen-bond acceptors (Lipinski definition) is 5. The molecule has 0 saturated carbocycles. The molecule has 98 valence electrons. The summed E-state index contributed by atoms with van der Waals surface area (Å²) in [5.74, 6) is 0.506. The molecule has 16 heavy (non-hydrogen) atoms. The number of hydrogen-bond donors (Lipinski definition) is 1. The van der Waals surface area contributed by atoms with Crippen molar-refractivity contribution in [2.75, 3.05) is 52.1 Å². The quantitative estimate of drug-likeness (QED) is 0.315. The molecule has 1 atom stereocenters. The van der Waals surface area contributed by atoms with Crippen molar-refractivity contribution in [2.45, 2.75) is 13.2 Å². The first-order valence-electron chi connectivity index (χ1n) is 5.36. The second-order valence-electron chi connectivity index (χ2n) is 3.00. The lowest BCUT2D eigenvalue weighted by Gasteiger charge is -2.08. The SMILES string of the molecule is CC(O)OCCOCCOCCOCCCl. The normalized spacial score (nSPS) is 12.9. The maximum Gasteiger partial charge on any atom is 0.151 e. The van der Waals surface area contributed by atoms with Crippen molar-refractivity contribution in [2.24, 2.45) is 0 Å². The van der Waals surface area contributed by atoms with Crippen molar-refractivity contribution in [1.82, 2.24) is 0 Å². The van der Waals surface area contributed by atoms with E-state index in [4.69, 9.17) is 35.7 Å². The van der Waals surface area contributed by atoms with Gasteiger partial charge in [-0.1, -0.05) is 0 Å². The van der Waals surface area contributed by atoms with Crippen molar-refractivity contribution in [3.63, 3.8) is 0 Å². The Morgan fingerprint density at radius 3 is 1.75 bits per heavy atom. The highest BCUT2D eigenvalue weighted by Crippen LogP contribution is 1.85. The van der Waals surface area contributed by atoms with Crippen LogP contribution in [0.1, 0.15) is 6.92 Å². The van der Waals surface area contributed by atoms with E-state index in [1.165, 1.54) is 0 Å². The van der Waals surface area contributed by atoms with Crippen LogP contribution in [-0.4, -0.2) is 63.5 Å².